The zero-order valence-corrected chi connectivity index (χ0v) is 11.1. The highest BCUT2D eigenvalue weighted by Crippen LogP contribution is 2.18. The summed E-state index contributed by atoms with van der Waals surface area (Å²) < 4.78 is 7.65. The smallest absolute Gasteiger partial charge is 0.117 e. The van der Waals surface area contributed by atoms with Crippen LogP contribution >= 0.6 is 0 Å². The second-order valence-electron chi connectivity index (χ2n) is 4.75. The largest absolute Gasteiger partial charge is 0.468 e. The molecule has 19 heavy (non-hydrogen) atoms. The number of aromatic nitrogens is 1. The average molecular weight is 254 g/mol. The van der Waals surface area contributed by atoms with Gasteiger partial charge in [0.1, 0.15) is 5.76 Å². The van der Waals surface area contributed by atoms with Crippen molar-refractivity contribution in [2.24, 2.45) is 0 Å². The number of nitrogens with zero attached hydrogens (tertiary/aromatic N) is 1. The van der Waals surface area contributed by atoms with Gasteiger partial charge >= 0.3 is 0 Å². The summed E-state index contributed by atoms with van der Waals surface area (Å²) in [7, 11) is 0. The molecule has 0 saturated carbocycles. The van der Waals surface area contributed by atoms with Crippen LogP contribution in [0.2, 0.25) is 0 Å². The summed E-state index contributed by atoms with van der Waals surface area (Å²) >= 11 is 0. The Morgan fingerprint density at radius 2 is 2.05 bits per heavy atom. The number of nitrogens with one attached hydrogen (secondary N) is 1. The van der Waals surface area contributed by atoms with Crippen LogP contribution in [-0.4, -0.2) is 11.1 Å². The van der Waals surface area contributed by atoms with E-state index in [2.05, 4.69) is 47.1 Å². The molecule has 1 aromatic carbocycles. The highest BCUT2D eigenvalue weighted by Gasteiger charge is 2.04. The summed E-state index contributed by atoms with van der Waals surface area (Å²) in [6.45, 7) is 4.85. The molecule has 3 rings (SSSR count). The van der Waals surface area contributed by atoms with E-state index in [9.17, 15) is 0 Å². The average Bonchev–Trinajstić information content (AvgIpc) is 3.02. The minimum absolute atomic E-state index is 0.783. The van der Waals surface area contributed by atoms with Crippen LogP contribution in [0.25, 0.3) is 10.9 Å². The summed E-state index contributed by atoms with van der Waals surface area (Å²) in [5, 5.41) is 4.71. The van der Waals surface area contributed by atoms with Gasteiger partial charge in [-0.2, -0.15) is 0 Å². The highest BCUT2D eigenvalue weighted by molar-refractivity contribution is 5.81. The monoisotopic (exact) mass is 254 g/mol. The predicted octanol–water partition coefficient (Wildman–Crippen LogP) is 3.33. The van der Waals surface area contributed by atoms with Gasteiger partial charge in [-0.1, -0.05) is 18.2 Å². The molecule has 3 heteroatoms. The van der Waals surface area contributed by atoms with Crippen LogP contribution in [0, 0.1) is 6.92 Å². The third kappa shape index (κ3) is 2.56. The molecule has 2 heterocycles. The Kier molecular flexibility index (Phi) is 3.38. The number of para-hydroxylation sites is 1. The van der Waals surface area contributed by atoms with E-state index in [4.69, 9.17) is 4.42 Å². The van der Waals surface area contributed by atoms with Crippen LogP contribution in [0.3, 0.4) is 0 Å². The molecule has 0 spiro atoms. The van der Waals surface area contributed by atoms with E-state index in [1.54, 1.807) is 6.26 Å². The van der Waals surface area contributed by atoms with Crippen molar-refractivity contribution in [3.8, 4) is 0 Å². The summed E-state index contributed by atoms with van der Waals surface area (Å²) in [6.07, 6.45) is 1.71. The predicted molar refractivity (Wildman–Crippen MR) is 77.1 cm³/mol. The summed E-state index contributed by atoms with van der Waals surface area (Å²) in [4.78, 5) is 0. The molecule has 0 aliphatic heterocycles. The second-order valence-corrected chi connectivity index (χ2v) is 4.75. The molecule has 3 nitrogen and oxygen atoms in total. The van der Waals surface area contributed by atoms with Gasteiger partial charge in [-0.25, -0.2) is 0 Å². The molecule has 0 radical (unpaired) electrons. The molecule has 0 unspecified atom stereocenters. The van der Waals surface area contributed by atoms with Crippen molar-refractivity contribution in [2.75, 3.05) is 6.54 Å². The van der Waals surface area contributed by atoms with E-state index in [1.807, 2.05) is 12.1 Å². The minimum Gasteiger partial charge on any atom is -0.468 e. The number of aryl methyl sites for hydroxylation is 1. The normalized spacial score (nSPS) is 11.2. The summed E-state index contributed by atoms with van der Waals surface area (Å²) in [5.41, 5.74) is 2.61. The summed E-state index contributed by atoms with van der Waals surface area (Å²) in [6, 6.07) is 14.7. The first kappa shape index (κ1) is 12.1. The lowest BCUT2D eigenvalue weighted by molar-refractivity contribution is 0.476. The van der Waals surface area contributed by atoms with Crippen molar-refractivity contribution >= 4 is 10.9 Å². The highest BCUT2D eigenvalue weighted by atomic mass is 16.3. The number of furan rings is 1. The van der Waals surface area contributed by atoms with Gasteiger partial charge in [0, 0.05) is 24.3 Å². The number of hydrogen-bond donors (Lipinski definition) is 1. The Morgan fingerprint density at radius 3 is 2.89 bits per heavy atom. The lowest BCUT2D eigenvalue weighted by Crippen LogP contribution is -2.19. The zero-order chi connectivity index (χ0) is 13.1. The van der Waals surface area contributed by atoms with Crippen LogP contribution in [0.1, 0.15) is 11.5 Å². The fourth-order valence-corrected chi connectivity index (χ4v) is 2.46. The first-order valence-corrected chi connectivity index (χ1v) is 6.62. The van der Waals surface area contributed by atoms with Crippen molar-refractivity contribution in [1.29, 1.82) is 0 Å². The molecular formula is C16H18N2O. The van der Waals surface area contributed by atoms with Gasteiger partial charge in [0.15, 0.2) is 0 Å². The van der Waals surface area contributed by atoms with Gasteiger partial charge in [-0.05, 0) is 36.6 Å². The molecule has 0 aliphatic carbocycles. The quantitative estimate of drug-likeness (QED) is 0.708. The van der Waals surface area contributed by atoms with Crippen molar-refractivity contribution in [1.82, 2.24) is 9.88 Å². The van der Waals surface area contributed by atoms with Gasteiger partial charge in [-0.15, -0.1) is 0 Å². The van der Waals surface area contributed by atoms with Gasteiger partial charge in [0.05, 0.1) is 12.8 Å². The molecule has 0 bridgehead atoms. The van der Waals surface area contributed by atoms with Crippen molar-refractivity contribution < 1.29 is 4.42 Å². The maximum absolute atomic E-state index is 5.30. The molecular weight excluding hydrogens is 236 g/mol. The Balaban J connectivity index is 1.63. The van der Waals surface area contributed by atoms with Gasteiger partial charge < -0.3 is 14.3 Å². The van der Waals surface area contributed by atoms with Gasteiger partial charge in [-0.3, -0.25) is 0 Å². The molecule has 0 fully saturated rings. The maximum Gasteiger partial charge on any atom is 0.117 e. The third-order valence-corrected chi connectivity index (χ3v) is 3.41. The molecule has 3 aromatic rings. The van der Waals surface area contributed by atoms with E-state index < -0.39 is 0 Å². The topological polar surface area (TPSA) is 30.1 Å². The first-order valence-electron chi connectivity index (χ1n) is 6.62. The van der Waals surface area contributed by atoms with Crippen molar-refractivity contribution in [3.05, 3.63) is 60.2 Å². The van der Waals surface area contributed by atoms with E-state index in [0.29, 0.717) is 0 Å². The SMILES string of the molecule is Cc1cc2ccccc2n1CCNCc1ccco1. The van der Waals surface area contributed by atoms with E-state index in [0.717, 1.165) is 25.4 Å². The van der Waals surface area contributed by atoms with Gasteiger partial charge in [0.25, 0.3) is 0 Å². The maximum atomic E-state index is 5.30. The fraction of sp³-hybridized carbons (Fsp3) is 0.250. The molecule has 98 valence electrons. The Hall–Kier alpha value is -2.00. The third-order valence-electron chi connectivity index (χ3n) is 3.41. The lowest BCUT2D eigenvalue weighted by atomic mass is 10.2. The van der Waals surface area contributed by atoms with E-state index >= 15 is 0 Å². The minimum atomic E-state index is 0.783. The fourth-order valence-electron chi connectivity index (χ4n) is 2.46. The van der Waals surface area contributed by atoms with Crippen molar-refractivity contribution in [3.63, 3.8) is 0 Å². The number of rotatable bonds is 5. The molecule has 0 aliphatic rings. The van der Waals surface area contributed by atoms with Crippen LogP contribution in [0.5, 0.6) is 0 Å². The molecule has 1 N–H and O–H groups in total. The number of hydrogen-bond acceptors (Lipinski definition) is 2. The standard InChI is InChI=1S/C16H18N2O/c1-13-11-14-5-2-3-7-16(14)18(13)9-8-17-12-15-6-4-10-19-15/h2-7,10-11,17H,8-9,12H2,1H3. The number of fused-ring (bicyclic) bond motifs is 1. The Bertz CT molecular complexity index is 653. The molecule has 2 aromatic heterocycles. The van der Waals surface area contributed by atoms with Crippen LogP contribution in [-0.2, 0) is 13.1 Å². The van der Waals surface area contributed by atoms with E-state index in [-0.39, 0.29) is 0 Å². The second kappa shape index (κ2) is 5.33. The Morgan fingerprint density at radius 1 is 1.16 bits per heavy atom. The lowest BCUT2D eigenvalue weighted by Gasteiger charge is -2.08. The van der Waals surface area contributed by atoms with Crippen LogP contribution in [0.4, 0.5) is 0 Å². The molecule has 0 amide bonds. The van der Waals surface area contributed by atoms with Crippen LogP contribution in [0.15, 0.2) is 53.1 Å². The zero-order valence-electron chi connectivity index (χ0n) is 11.1. The van der Waals surface area contributed by atoms with Gasteiger partial charge in [0.2, 0.25) is 0 Å². The van der Waals surface area contributed by atoms with E-state index in [1.165, 1.54) is 16.6 Å². The summed E-state index contributed by atoms with van der Waals surface area (Å²) in [5.74, 6) is 0.981. The Labute approximate surface area is 112 Å². The van der Waals surface area contributed by atoms with Crippen molar-refractivity contribution in [2.45, 2.75) is 20.0 Å². The number of benzene rings is 1. The first-order chi connectivity index (χ1) is 9.34. The molecule has 0 atom stereocenters. The van der Waals surface area contributed by atoms with Crippen LogP contribution < -0.4 is 5.32 Å². The molecule has 0 saturated heterocycles.